The van der Waals surface area contributed by atoms with Crippen LogP contribution in [0.15, 0.2) is 46.9 Å². The van der Waals surface area contributed by atoms with Crippen molar-refractivity contribution in [1.29, 1.82) is 0 Å². The number of hydrogen-bond donors (Lipinski definition) is 1. The van der Waals surface area contributed by atoms with Crippen LogP contribution in [0.1, 0.15) is 94.6 Å². The van der Waals surface area contributed by atoms with Crippen molar-refractivity contribution >= 4 is 29.1 Å². The minimum atomic E-state index is -1.78. The number of amides is 1. The number of aliphatic hydroxyl groups is 1. The van der Waals surface area contributed by atoms with E-state index in [2.05, 4.69) is 41.0 Å². The van der Waals surface area contributed by atoms with E-state index in [1.54, 1.807) is 44.0 Å². The average Bonchev–Trinajstić information content (AvgIpc) is 3.61. The van der Waals surface area contributed by atoms with E-state index in [0.717, 1.165) is 5.56 Å². The second-order valence-electron chi connectivity index (χ2n) is 16.0. The SMILES string of the molecule is CC[C@H]1OC(=O)[C@H](C)C(=O)[C@H](C)[C@@H](C(C)(C)C)[C@@]2(C)C[C@@H](C)C(=NC(C)=O)[C@H](C)[C@@H](OC/C(=N\OCc3ccc(-n4cccn4)nc3)CO2)[C@]1(C)O. The molecule has 2 saturated heterocycles. The average molecular weight is 724 g/mol. The lowest BCUT2D eigenvalue weighted by atomic mass is 9.61. The van der Waals surface area contributed by atoms with E-state index in [4.69, 9.17) is 19.0 Å². The van der Waals surface area contributed by atoms with Crippen molar-refractivity contribution in [2.75, 3.05) is 13.2 Å². The summed E-state index contributed by atoms with van der Waals surface area (Å²) in [6.45, 7) is 20.1. The Morgan fingerprint density at radius 2 is 1.83 bits per heavy atom. The Hall–Kier alpha value is -3.81. The highest BCUT2D eigenvalue weighted by Crippen LogP contribution is 2.47. The number of cyclic esters (lactones) is 1. The molecule has 286 valence electrons. The van der Waals surface area contributed by atoms with Crippen molar-refractivity contribution in [2.24, 2.45) is 45.2 Å². The fraction of sp³-hybridized carbons (Fsp3) is 0.667. The van der Waals surface area contributed by atoms with Gasteiger partial charge in [-0.05, 0) is 57.1 Å². The second kappa shape index (κ2) is 16.5. The number of esters is 1. The predicted molar refractivity (Wildman–Crippen MR) is 196 cm³/mol. The van der Waals surface area contributed by atoms with Gasteiger partial charge in [-0.1, -0.05) is 59.7 Å². The van der Waals surface area contributed by atoms with E-state index in [1.165, 1.54) is 6.92 Å². The molecule has 0 spiro atoms. The number of aliphatic imine (C=N–C) groups is 1. The maximum atomic E-state index is 14.2. The van der Waals surface area contributed by atoms with Gasteiger partial charge in [0.1, 0.15) is 35.7 Å². The van der Waals surface area contributed by atoms with Crippen LogP contribution >= 0.6 is 0 Å². The predicted octanol–water partition coefficient (Wildman–Crippen LogP) is 5.55. The summed E-state index contributed by atoms with van der Waals surface area (Å²) in [5, 5.41) is 21.0. The summed E-state index contributed by atoms with van der Waals surface area (Å²) < 4.78 is 21.1. The van der Waals surface area contributed by atoms with Crippen LogP contribution in [0.5, 0.6) is 0 Å². The summed E-state index contributed by atoms with van der Waals surface area (Å²) in [4.78, 5) is 55.3. The molecule has 4 rings (SSSR count). The van der Waals surface area contributed by atoms with Gasteiger partial charge in [0.25, 0.3) is 0 Å². The highest BCUT2D eigenvalue weighted by Gasteiger charge is 2.53. The van der Waals surface area contributed by atoms with E-state index in [1.807, 2.05) is 45.9 Å². The molecule has 2 aliphatic rings. The van der Waals surface area contributed by atoms with E-state index >= 15 is 0 Å². The van der Waals surface area contributed by atoms with Gasteiger partial charge in [-0.3, -0.25) is 14.4 Å². The highest BCUT2D eigenvalue weighted by atomic mass is 16.6. The number of Topliss-reactive ketones (excluding diaryl/α,β-unsaturated/α-hetero) is 1. The Bertz CT molecular complexity index is 1610. The van der Waals surface area contributed by atoms with Gasteiger partial charge in [-0.25, -0.2) is 14.7 Å². The second-order valence-corrected chi connectivity index (χ2v) is 16.0. The fourth-order valence-corrected chi connectivity index (χ4v) is 8.48. The molecule has 4 heterocycles. The lowest BCUT2D eigenvalue weighted by molar-refractivity contribution is -0.192. The van der Waals surface area contributed by atoms with E-state index < -0.39 is 64.4 Å². The molecule has 9 atom stereocenters. The van der Waals surface area contributed by atoms with Crippen LogP contribution in [0, 0.1) is 35.0 Å². The zero-order valence-corrected chi connectivity index (χ0v) is 32.6. The molecule has 2 aliphatic heterocycles. The maximum absolute atomic E-state index is 14.2. The molecule has 0 saturated carbocycles. The number of pyridine rings is 1. The lowest BCUT2D eigenvalue weighted by Gasteiger charge is -2.49. The third-order valence-corrected chi connectivity index (χ3v) is 10.6. The van der Waals surface area contributed by atoms with E-state index in [9.17, 15) is 19.5 Å². The van der Waals surface area contributed by atoms with Gasteiger partial charge in [0.15, 0.2) is 5.82 Å². The van der Waals surface area contributed by atoms with Gasteiger partial charge in [0.05, 0.1) is 24.9 Å². The third kappa shape index (κ3) is 9.21. The monoisotopic (exact) mass is 723 g/mol. The normalized spacial score (nSPS) is 34.3. The first-order valence-electron chi connectivity index (χ1n) is 18.2. The molecule has 13 heteroatoms. The largest absolute Gasteiger partial charge is 0.459 e. The summed E-state index contributed by atoms with van der Waals surface area (Å²) in [7, 11) is 0. The number of ether oxygens (including phenoxy) is 3. The maximum Gasteiger partial charge on any atom is 0.316 e. The molecule has 0 aliphatic carbocycles. The first kappa shape index (κ1) is 41.0. The Labute approximate surface area is 307 Å². The molecule has 2 aromatic heterocycles. The van der Waals surface area contributed by atoms with Gasteiger partial charge < -0.3 is 24.2 Å². The molecule has 2 fully saturated rings. The molecule has 0 radical (unpaired) electrons. The third-order valence-electron chi connectivity index (χ3n) is 10.6. The van der Waals surface area contributed by atoms with Gasteiger partial charge >= 0.3 is 5.97 Å². The molecule has 2 aromatic rings. The molecule has 1 N–H and O–H groups in total. The van der Waals surface area contributed by atoms with Crippen LogP contribution in [-0.2, 0) is 40.0 Å². The van der Waals surface area contributed by atoms with Crippen molar-refractivity contribution in [3.8, 4) is 5.82 Å². The van der Waals surface area contributed by atoms with Crippen molar-refractivity contribution in [1.82, 2.24) is 14.8 Å². The number of carbonyl (C=O) groups is 3. The summed E-state index contributed by atoms with van der Waals surface area (Å²) in [6, 6.07) is 5.52. The summed E-state index contributed by atoms with van der Waals surface area (Å²) in [5.74, 6) is -3.82. The molecule has 52 heavy (non-hydrogen) atoms. The first-order chi connectivity index (χ1) is 24.3. The Morgan fingerprint density at radius 3 is 2.40 bits per heavy atom. The number of rotatable bonds is 5. The number of fused-ring (bicyclic) bond motifs is 5. The van der Waals surface area contributed by atoms with Gasteiger partial charge in [0, 0.05) is 54.5 Å². The molecule has 2 bridgehead atoms. The molecule has 13 nitrogen and oxygen atoms in total. The van der Waals surface area contributed by atoms with Crippen molar-refractivity contribution in [3.63, 3.8) is 0 Å². The molecular formula is C39H57N5O8. The standard InChI is InChI=1S/C39H57N5O8/c1-12-30-39(11,48)35-24(3)32(42-27(6)45)23(2)18-38(10,34(37(7,8)9)25(4)33(46)26(5)36(47)52-30)50-22-29(21-49-35)43-51-20-28-14-15-31(40-19-28)44-17-13-16-41-44/h13-17,19,23-26,30,34-35,48H,12,18,20-22H2,1-11H3/b42-32?,43-29+/t23-,24+,25+,26-,30-,34+,35-,38-,39-/m1/s1. The van der Waals surface area contributed by atoms with Crippen LogP contribution < -0.4 is 0 Å². The molecule has 0 unspecified atom stereocenters. The van der Waals surface area contributed by atoms with Crippen LogP contribution in [0.4, 0.5) is 0 Å². The summed E-state index contributed by atoms with van der Waals surface area (Å²) in [6.07, 6.45) is 3.71. The summed E-state index contributed by atoms with van der Waals surface area (Å²) in [5.41, 5.74) is -1.56. The number of nitrogens with zero attached hydrogens (tertiary/aromatic N) is 5. The van der Waals surface area contributed by atoms with Crippen LogP contribution in [0.25, 0.3) is 5.82 Å². The lowest BCUT2D eigenvalue weighted by Crippen LogP contribution is -2.58. The minimum Gasteiger partial charge on any atom is -0.459 e. The van der Waals surface area contributed by atoms with Gasteiger partial charge in [-0.15, -0.1) is 0 Å². The minimum absolute atomic E-state index is 0.0161. The number of oxime groups is 1. The number of hydrogen-bond acceptors (Lipinski definition) is 11. The quantitative estimate of drug-likeness (QED) is 0.235. The zero-order valence-electron chi connectivity index (χ0n) is 32.6. The Kier molecular flexibility index (Phi) is 13.0. The van der Waals surface area contributed by atoms with Crippen molar-refractivity contribution in [3.05, 3.63) is 42.4 Å². The van der Waals surface area contributed by atoms with Gasteiger partial charge in [-0.2, -0.15) is 5.10 Å². The summed E-state index contributed by atoms with van der Waals surface area (Å²) >= 11 is 0. The van der Waals surface area contributed by atoms with Crippen LogP contribution in [0.2, 0.25) is 0 Å². The number of carbonyl (C=O) groups excluding carboxylic acids is 3. The number of ketones is 1. The van der Waals surface area contributed by atoms with E-state index in [-0.39, 0.29) is 37.9 Å². The van der Waals surface area contributed by atoms with Crippen molar-refractivity contribution in [2.45, 2.75) is 119 Å². The Balaban J connectivity index is 1.85. The van der Waals surface area contributed by atoms with Crippen LogP contribution in [-0.4, -0.2) is 85.6 Å². The van der Waals surface area contributed by atoms with Crippen LogP contribution in [0.3, 0.4) is 0 Å². The van der Waals surface area contributed by atoms with Crippen molar-refractivity contribution < 1.29 is 38.5 Å². The molecule has 0 aromatic carbocycles. The van der Waals surface area contributed by atoms with E-state index in [0.29, 0.717) is 23.7 Å². The smallest absolute Gasteiger partial charge is 0.316 e. The Morgan fingerprint density at radius 1 is 1.12 bits per heavy atom. The molecule has 1 amide bonds. The number of aromatic nitrogens is 3. The zero-order chi connectivity index (χ0) is 38.6. The fourth-order valence-electron chi connectivity index (χ4n) is 8.48. The first-order valence-corrected chi connectivity index (χ1v) is 18.2. The molecular weight excluding hydrogens is 666 g/mol. The topological polar surface area (TPSA) is 164 Å². The highest BCUT2D eigenvalue weighted by molar-refractivity contribution is 6.00. The van der Waals surface area contributed by atoms with Gasteiger partial charge in [0.2, 0.25) is 5.91 Å².